The molecule has 3 aliphatic rings. The fraction of sp³-hybridized carbons (Fsp3) is 0.652. The van der Waals surface area contributed by atoms with Crippen LogP contribution in [0.5, 0.6) is 0 Å². The van der Waals surface area contributed by atoms with Crippen molar-refractivity contribution in [3.63, 3.8) is 0 Å². The highest BCUT2D eigenvalue weighted by Crippen LogP contribution is 2.15. The molecule has 0 aromatic carbocycles. The highest BCUT2D eigenvalue weighted by Gasteiger charge is 2.30. The molecular formula is C23H34N6O3. The summed E-state index contributed by atoms with van der Waals surface area (Å²) < 4.78 is 0. The molecule has 9 nitrogen and oxygen atoms in total. The smallest absolute Gasteiger partial charge is 0.317 e. The van der Waals surface area contributed by atoms with E-state index >= 15 is 0 Å². The zero-order valence-corrected chi connectivity index (χ0v) is 19.0. The zero-order valence-electron chi connectivity index (χ0n) is 19.0. The lowest BCUT2D eigenvalue weighted by Gasteiger charge is -2.36. The molecule has 9 heteroatoms. The minimum Gasteiger partial charge on any atom is -0.342 e. The predicted molar refractivity (Wildman–Crippen MR) is 120 cm³/mol. The molecule has 4 amide bonds. The van der Waals surface area contributed by atoms with Crippen molar-refractivity contribution in [2.75, 3.05) is 58.9 Å². The SMILES string of the molecule is Cc1ccc(C(=O)N2CCC(NC(=O)N3CCN(CC(=O)N4CCCCC4)CC3)C2)cn1. The number of likely N-dealkylation sites (tertiary alicyclic amines) is 2. The van der Waals surface area contributed by atoms with Crippen molar-refractivity contribution in [1.82, 2.24) is 29.9 Å². The largest absolute Gasteiger partial charge is 0.342 e. The van der Waals surface area contributed by atoms with E-state index in [1.165, 1.54) is 6.42 Å². The van der Waals surface area contributed by atoms with E-state index in [1.807, 2.05) is 22.8 Å². The summed E-state index contributed by atoms with van der Waals surface area (Å²) in [5.74, 6) is 0.170. The van der Waals surface area contributed by atoms with Gasteiger partial charge in [0.25, 0.3) is 5.91 Å². The monoisotopic (exact) mass is 442 g/mol. The number of piperazine rings is 1. The van der Waals surface area contributed by atoms with Crippen LogP contribution >= 0.6 is 0 Å². The second kappa shape index (κ2) is 10.3. The Kier molecular flexibility index (Phi) is 7.24. The first-order chi connectivity index (χ1) is 15.5. The third-order valence-corrected chi connectivity index (χ3v) is 6.69. The van der Waals surface area contributed by atoms with E-state index in [0.29, 0.717) is 51.4 Å². The van der Waals surface area contributed by atoms with Crippen LogP contribution in [0.3, 0.4) is 0 Å². The maximum atomic E-state index is 12.7. The van der Waals surface area contributed by atoms with Gasteiger partial charge < -0.3 is 20.0 Å². The van der Waals surface area contributed by atoms with Crippen molar-refractivity contribution in [3.8, 4) is 0 Å². The van der Waals surface area contributed by atoms with Gasteiger partial charge in [-0.15, -0.1) is 0 Å². The molecule has 0 radical (unpaired) electrons. The molecule has 0 saturated carbocycles. The highest BCUT2D eigenvalue weighted by molar-refractivity contribution is 5.94. The van der Waals surface area contributed by atoms with Crippen LogP contribution in [0.15, 0.2) is 18.3 Å². The van der Waals surface area contributed by atoms with E-state index in [1.54, 1.807) is 17.2 Å². The standard InChI is InChI=1S/C23H34N6O3/c1-18-5-6-19(15-24-18)22(31)29-10-7-20(16-29)25-23(32)28-13-11-26(12-14-28)17-21(30)27-8-3-2-4-9-27/h5-6,15,20H,2-4,7-14,16-17H2,1H3,(H,25,32). The number of amides is 4. The summed E-state index contributed by atoms with van der Waals surface area (Å²) >= 11 is 0. The van der Waals surface area contributed by atoms with Gasteiger partial charge in [0.15, 0.2) is 0 Å². The molecule has 1 N–H and O–H groups in total. The van der Waals surface area contributed by atoms with E-state index in [-0.39, 0.29) is 23.9 Å². The quantitative estimate of drug-likeness (QED) is 0.750. The van der Waals surface area contributed by atoms with Crippen molar-refractivity contribution >= 4 is 17.8 Å². The van der Waals surface area contributed by atoms with E-state index in [9.17, 15) is 14.4 Å². The molecule has 1 unspecified atom stereocenters. The van der Waals surface area contributed by atoms with Gasteiger partial charge in [0.05, 0.1) is 12.1 Å². The van der Waals surface area contributed by atoms with E-state index in [2.05, 4.69) is 15.2 Å². The van der Waals surface area contributed by atoms with E-state index < -0.39 is 0 Å². The number of rotatable bonds is 4. The van der Waals surface area contributed by atoms with Crippen LogP contribution in [0.4, 0.5) is 4.79 Å². The van der Waals surface area contributed by atoms with Gasteiger partial charge in [-0.1, -0.05) is 0 Å². The first-order valence-corrected chi connectivity index (χ1v) is 11.8. The van der Waals surface area contributed by atoms with Crippen molar-refractivity contribution in [2.45, 2.75) is 38.6 Å². The summed E-state index contributed by atoms with van der Waals surface area (Å²) in [6, 6.07) is 3.51. The number of carbonyl (C=O) groups excluding carboxylic acids is 3. The molecular weight excluding hydrogens is 408 g/mol. The number of aryl methyl sites for hydroxylation is 1. The van der Waals surface area contributed by atoms with Crippen molar-refractivity contribution in [2.24, 2.45) is 0 Å². The lowest BCUT2D eigenvalue weighted by atomic mass is 10.1. The highest BCUT2D eigenvalue weighted by atomic mass is 16.2. The fourth-order valence-electron chi connectivity index (χ4n) is 4.65. The Labute approximate surface area is 189 Å². The third-order valence-electron chi connectivity index (χ3n) is 6.69. The van der Waals surface area contributed by atoms with Gasteiger partial charge in [0.1, 0.15) is 0 Å². The molecule has 32 heavy (non-hydrogen) atoms. The number of hydrogen-bond donors (Lipinski definition) is 1. The molecule has 0 aliphatic carbocycles. The number of piperidine rings is 1. The second-order valence-corrected chi connectivity index (χ2v) is 9.08. The molecule has 3 aliphatic heterocycles. The van der Waals surface area contributed by atoms with E-state index in [4.69, 9.17) is 0 Å². The molecule has 3 fully saturated rings. The summed E-state index contributed by atoms with van der Waals surface area (Å²) in [5, 5.41) is 3.09. The molecule has 1 atom stereocenters. The van der Waals surface area contributed by atoms with Gasteiger partial charge >= 0.3 is 6.03 Å². The van der Waals surface area contributed by atoms with Gasteiger partial charge in [-0.3, -0.25) is 19.5 Å². The third kappa shape index (κ3) is 5.56. The Morgan fingerprint density at radius 3 is 2.38 bits per heavy atom. The molecule has 4 heterocycles. The van der Waals surface area contributed by atoms with Crippen LogP contribution in [0.1, 0.15) is 41.7 Å². The summed E-state index contributed by atoms with van der Waals surface area (Å²) in [7, 11) is 0. The van der Waals surface area contributed by atoms with Crippen molar-refractivity contribution in [1.29, 1.82) is 0 Å². The number of carbonyl (C=O) groups is 3. The Balaban J connectivity index is 1.18. The average molecular weight is 443 g/mol. The summed E-state index contributed by atoms with van der Waals surface area (Å²) in [6.45, 7) is 7.89. The number of urea groups is 1. The van der Waals surface area contributed by atoms with Crippen molar-refractivity contribution in [3.05, 3.63) is 29.6 Å². The van der Waals surface area contributed by atoms with E-state index in [0.717, 1.165) is 38.0 Å². The zero-order chi connectivity index (χ0) is 22.5. The molecule has 1 aromatic heterocycles. The van der Waals surface area contributed by atoms with Gasteiger partial charge in [-0.05, 0) is 44.7 Å². The maximum Gasteiger partial charge on any atom is 0.317 e. The van der Waals surface area contributed by atoms with Crippen LogP contribution < -0.4 is 5.32 Å². The Hall–Kier alpha value is -2.68. The maximum absolute atomic E-state index is 12.7. The summed E-state index contributed by atoms with van der Waals surface area (Å²) in [6.07, 6.45) is 5.78. The van der Waals surface area contributed by atoms with Crippen LogP contribution in [-0.2, 0) is 4.79 Å². The minimum atomic E-state index is -0.0803. The molecule has 0 bridgehead atoms. The second-order valence-electron chi connectivity index (χ2n) is 9.08. The topological polar surface area (TPSA) is 89.1 Å². The lowest BCUT2D eigenvalue weighted by Crippen LogP contribution is -2.55. The number of pyridine rings is 1. The summed E-state index contributed by atoms with van der Waals surface area (Å²) in [4.78, 5) is 49.8. The van der Waals surface area contributed by atoms with Gasteiger partial charge in [0.2, 0.25) is 5.91 Å². The predicted octanol–water partition coefficient (Wildman–Crippen LogP) is 0.944. The fourth-order valence-corrected chi connectivity index (χ4v) is 4.65. The van der Waals surface area contributed by atoms with Crippen LogP contribution in [0.2, 0.25) is 0 Å². The Bertz CT molecular complexity index is 816. The molecule has 3 saturated heterocycles. The Morgan fingerprint density at radius 1 is 0.938 bits per heavy atom. The van der Waals surface area contributed by atoms with Crippen LogP contribution in [0.25, 0.3) is 0 Å². The Morgan fingerprint density at radius 2 is 1.69 bits per heavy atom. The molecule has 1 aromatic rings. The summed E-state index contributed by atoms with van der Waals surface area (Å²) in [5.41, 5.74) is 1.46. The van der Waals surface area contributed by atoms with Crippen molar-refractivity contribution < 1.29 is 14.4 Å². The van der Waals surface area contributed by atoms with Gasteiger partial charge in [-0.25, -0.2) is 4.79 Å². The normalized spacial score (nSPS) is 22.2. The molecule has 0 spiro atoms. The molecule has 174 valence electrons. The number of aromatic nitrogens is 1. The number of nitrogens with one attached hydrogen (secondary N) is 1. The first-order valence-electron chi connectivity index (χ1n) is 11.8. The molecule has 4 rings (SSSR count). The van der Waals surface area contributed by atoms with Gasteiger partial charge in [0, 0.05) is 70.3 Å². The number of hydrogen-bond acceptors (Lipinski definition) is 5. The lowest BCUT2D eigenvalue weighted by molar-refractivity contribution is -0.133. The average Bonchev–Trinajstić information content (AvgIpc) is 3.28. The minimum absolute atomic E-state index is 0.0384. The van der Waals surface area contributed by atoms with Crippen LogP contribution in [0, 0.1) is 6.92 Å². The first kappa shape index (κ1) is 22.5. The van der Waals surface area contributed by atoms with Crippen LogP contribution in [-0.4, -0.2) is 107 Å². The number of nitrogens with zero attached hydrogens (tertiary/aromatic N) is 5. The van der Waals surface area contributed by atoms with Gasteiger partial charge in [-0.2, -0.15) is 0 Å².